The second kappa shape index (κ2) is 7.56. The van der Waals surface area contributed by atoms with Crippen molar-refractivity contribution < 1.29 is 4.79 Å². The van der Waals surface area contributed by atoms with Gasteiger partial charge < -0.3 is 15.6 Å². The summed E-state index contributed by atoms with van der Waals surface area (Å²) in [5.74, 6) is 0.773. The fourth-order valence-electron chi connectivity index (χ4n) is 3.10. The third-order valence-electron chi connectivity index (χ3n) is 4.71. The normalized spacial score (nSPS) is 11.0. The zero-order chi connectivity index (χ0) is 19.5. The summed E-state index contributed by atoms with van der Waals surface area (Å²) in [6, 6.07) is 19.5. The minimum atomic E-state index is -0.200. The van der Waals surface area contributed by atoms with Gasteiger partial charge in [-0.1, -0.05) is 32.0 Å². The molecule has 2 heterocycles. The van der Waals surface area contributed by atoms with Gasteiger partial charge in [0.2, 0.25) is 0 Å². The van der Waals surface area contributed by atoms with Gasteiger partial charge in [0, 0.05) is 29.3 Å². The second-order valence-corrected chi connectivity index (χ2v) is 7.04. The predicted octanol–water partition coefficient (Wildman–Crippen LogP) is 5.68. The fourth-order valence-corrected chi connectivity index (χ4v) is 3.10. The van der Waals surface area contributed by atoms with Crippen molar-refractivity contribution in [1.82, 2.24) is 9.97 Å². The Bertz CT molecular complexity index is 1110. The summed E-state index contributed by atoms with van der Waals surface area (Å²) in [5, 5.41) is 7.34. The van der Waals surface area contributed by atoms with Crippen LogP contribution in [-0.4, -0.2) is 15.9 Å². The largest absolute Gasteiger partial charge is 0.361 e. The average molecular weight is 370 g/mol. The molecule has 0 unspecified atom stereocenters. The van der Waals surface area contributed by atoms with Gasteiger partial charge in [0.25, 0.3) is 5.91 Å². The molecule has 0 saturated carbocycles. The Morgan fingerprint density at radius 1 is 1.00 bits per heavy atom. The molecule has 4 aromatic rings. The molecule has 1 amide bonds. The van der Waals surface area contributed by atoms with Crippen molar-refractivity contribution in [3.8, 4) is 0 Å². The number of H-pyrrole nitrogens is 1. The number of fused-ring (bicyclic) bond motifs is 1. The third kappa shape index (κ3) is 3.74. The molecule has 4 rings (SSSR count). The molecular weight excluding hydrogens is 348 g/mol. The van der Waals surface area contributed by atoms with Gasteiger partial charge >= 0.3 is 0 Å². The molecule has 0 atom stereocenters. The average Bonchev–Trinajstić information content (AvgIpc) is 3.16. The van der Waals surface area contributed by atoms with Gasteiger partial charge in [-0.05, 0) is 59.3 Å². The SMILES string of the molecule is CC(C)c1ccc(NC(=O)c2cccnc2Nc2ccc3cc[nH]c3c2)cc1. The summed E-state index contributed by atoms with van der Waals surface area (Å²) in [7, 11) is 0. The molecule has 0 aliphatic heterocycles. The van der Waals surface area contributed by atoms with Gasteiger partial charge in [-0.25, -0.2) is 4.98 Å². The first-order valence-corrected chi connectivity index (χ1v) is 9.30. The highest BCUT2D eigenvalue weighted by atomic mass is 16.1. The van der Waals surface area contributed by atoms with Crippen LogP contribution in [-0.2, 0) is 0 Å². The Morgan fingerprint density at radius 3 is 2.57 bits per heavy atom. The molecule has 0 bridgehead atoms. The van der Waals surface area contributed by atoms with Crippen LogP contribution in [0.15, 0.2) is 73.1 Å². The van der Waals surface area contributed by atoms with Crippen LogP contribution in [0.5, 0.6) is 0 Å². The molecule has 2 aromatic carbocycles. The lowest BCUT2D eigenvalue weighted by Crippen LogP contribution is -2.14. The van der Waals surface area contributed by atoms with Gasteiger partial charge in [-0.15, -0.1) is 0 Å². The molecule has 0 spiro atoms. The summed E-state index contributed by atoms with van der Waals surface area (Å²) in [6.07, 6.45) is 3.57. The van der Waals surface area contributed by atoms with Gasteiger partial charge in [-0.3, -0.25) is 4.79 Å². The highest BCUT2D eigenvalue weighted by molar-refractivity contribution is 6.07. The number of amides is 1. The molecule has 0 aliphatic carbocycles. The van der Waals surface area contributed by atoms with Crippen LogP contribution in [0.25, 0.3) is 10.9 Å². The summed E-state index contributed by atoms with van der Waals surface area (Å²) in [4.78, 5) is 20.4. The van der Waals surface area contributed by atoms with E-state index in [9.17, 15) is 4.79 Å². The molecule has 140 valence electrons. The molecule has 3 N–H and O–H groups in total. The van der Waals surface area contributed by atoms with Crippen molar-refractivity contribution in [2.24, 2.45) is 0 Å². The Labute approximate surface area is 163 Å². The number of hydrogen-bond acceptors (Lipinski definition) is 3. The molecule has 0 radical (unpaired) electrons. The van der Waals surface area contributed by atoms with E-state index >= 15 is 0 Å². The molecule has 0 saturated heterocycles. The number of anilines is 3. The van der Waals surface area contributed by atoms with Crippen LogP contribution >= 0.6 is 0 Å². The fraction of sp³-hybridized carbons (Fsp3) is 0.130. The molecular formula is C23H22N4O. The van der Waals surface area contributed by atoms with Crippen LogP contribution in [0.2, 0.25) is 0 Å². The predicted molar refractivity (Wildman–Crippen MR) is 114 cm³/mol. The zero-order valence-electron chi connectivity index (χ0n) is 15.9. The summed E-state index contributed by atoms with van der Waals surface area (Å²) < 4.78 is 0. The van der Waals surface area contributed by atoms with Gasteiger partial charge in [0.1, 0.15) is 5.82 Å². The van der Waals surface area contributed by atoms with Crippen molar-refractivity contribution in [2.45, 2.75) is 19.8 Å². The first-order valence-electron chi connectivity index (χ1n) is 9.30. The quantitative estimate of drug-likeness (QED) is 0.423. The number of pyridine rings is 1. The maximum atomic E-state index is 12.8. The van der Waals surface area contributed by atoms with Crippen LogP contribution in [0.1, 0.15) is 35.7 Å². The van der Waals surface area contributed by atoms with E-state index in [2.05, 4.69) is 34.4 Å². The first kappa shape index (κ1) is 17.8. The van der Waals surface area contributed by atoms with Crippen LogP contribution in [0.3, 0.4) is 0 Å². The number of carbonyl (C=O) groups excluding carboxylic acids is 1. The van der Waals surface area contributed by atoms with Crippen LogP contribution < -0.4 is 10.6 Å². The van der Waals surface area contributed by atoms with E-state index < -0.39 is 0 Å². The molecule has 5 nitrogen and oxygen atoms in total. The lowest BCUT2D eigenvalue weighted by Gasteiger charge is -2.12. The van der Waals surface area contributed by atoms with E-state index in [0.29, 0.717) is 17.3 Å². The van der Waals surface area contributed by atoms with Crippen molar-refractivity contribution in [2.75, 3.05) is 10.6 Å². The molecule has 0 aliphatic rings. The van der Waals surface area contributed by atoms with E-state index in [4.69, 9.17) is 0 Å². The Kier molecular flexibility index (Phi) is 4.81. The summed E-state index contributed by atoms with van der Waals surface area (Å²) >= 11 is 0. The second-order valence-electron chi connectivity index (χ2n) is 7.04. The molecule has 2 aromatic heterocycles. The minimum Gasteiger partial charge on any atom is -0.361 e. The first-order chi connectivity index (χ1) is 13.6. The number of carbonyl (C=O) groups is 1. The van der Waals surface area contributed by atoms with Crippen molar-refractivity contribution >= 4 is 34.0 Å². The van der Waals surface area contributed by atoms with Crippen LogP contribution in [0.4, 0.5) is 17.2 Å². The summed E-state index contributed by atoms with van der Waals surface area (Å²) in [5.41, 5.74) is 4.38. The van der Waals surface area contributed by atoms with Gasteiger partial charge in [0.15, 0.2) is 0 Å². The Morgan fingerprint density at radius 2 is 1.79 bits per heavy atom. The Balaban J connectivity index is 1.55. The van der Waals surface area contributed by atoms with E-state index in [1.165, 1.54) is 5.56 Å². The van der Waals surface area contributed by atoms with Crippen molar-refractivity contribution in [3.63, 3.8) is 0 Å². The number of hydrogen-bond donors (Lipinski definition) is 3. The van der Waals surface area contributed by atoms with Gasteiger partial charge in [-0.2, -0.15) is 0 Å². The van der Waals surface area contributed by atoms with Gasteiger partial charge in [0.05, 0.1) is 5.56 Å². The lowest BCUT2D eigenvalue weighted by atomic mass is 10.0. The van der Waals surface area contributed by atoms with Crippen molar-refractivity contribution in [3.05, 3.63) is 84.2 Å². The number of aromatic nitrogens is 2. The van der Waals surface area contributed by atoms with E-state index in [1.54, 1.807) is 18.3 Å². The zero-order valence-corrected chi connectivity index (χ0v) is 15.9. The highest BCUT2D eigenvalue weighted by Gasteiger charge is 2.13. The van der Waals surface area contributed by atoms with Crippen molar-refractivity contribution in [1.29, 1.82) is 0 Å². The molecule has 0 fully saturated rings. The highest BCUT2D eigenvalue weighted by Crippen LogP contribution is 2.24. The third-order valence-corrected chi connectivity index (χ3v) is 4.71. The number of nitrogens with one attached hydrogen (secondary N) is 3. The smallest absolute Gasteiger partial charge is 0.259 e. The van der Waals surface area contributed by atoms with E-state index in [-0.39, 0.29) is 5.91 Å². The number of aromatic amines is 1. The summed E-state index contributed by atoms with van der Waals surface area (Å²) in [6.45, 7) is 4.29. The lowest BCUT2D eigenvalue weighted by molar-refractivity contribution is 0.102. The maximum Gasteiger partial charge on any atom is 0.259 e. The molecule has 28 heavy (non-hydrogen) atoms. The maximum absolute atomic E-state index is 12.8. The van der Waals surface area contributed by atoms with E-state index in [1.807, 2.05) is 54.7 Å². The minimum absolute atomic E-state index is 0.200. The monoisotopic (exact) mass is 370 g/mol. The topological polar surface area (TPSA) is 69.8 Å². The standard InChI is InChI=1S/C23H22N4O/c1-15(2)16-5-8-18(9-6-16)27-23(28)20-4-3-12-25-22(20)26-19-10-7-17-11-13-24-21(17)14-19/h3-15,24H,1-2H3,(H,25,26)(H,27,28). The van der Waals surface area contributed by atoms with Crippen LogP contribution in [0, 0.1) is 0 Å². The number of nitrogens with zero attached hydrogens (tertiary/aromatic N) is 1. The molecule has 5 heteroatoms. The Hall–Kier alpha value is -3.60. The van der Waals surface area contributed by atoms with E-state index in [0.717, 1.165) is 22.3 Å². The number of rotatable bonds is 5. The number of benzene rings is 2.